The first kappa shape index (κ1) is 22.6. The Labute approximate surface area is 184 Å². The predicted molar refractivity (Wildman–Crippen MR) is 122 cm³/mol. The van der Waals surface area contributed by atoms with Crippen LogP contribution in [-0.2, 0) is 4.79 Å². The summed E-state index contributed by atoms with van der Waals surface area (Å²) in [6.45, 7) is 7.99. The van der Waals surface area contributed by atoms with Crippen molar-refractivity contribution < 1.29 is 4.79 Å². The first-order valence-electron chi connectivity index (χ1n) is 9.92. The van der Waals surface area contributed by atoms with Crippen LogP contribution in [0.25, 0.3) is 0 Å². The predicted octanol–water partition coefficient (Wildman–Crippen LogP) is 1.44. The fourth-order valence-corrected chi connectivity index (χ4v) is 3.60. The van der Waals surface area contributed by atoms with E-state index in [1.807, 2.05) is 18.0 Å². The van der Waals surface area contributed by atoms with E-state index in [2.05, 4.69) is 37.0 Å². The molecule has 3 rings (SSSR count). The number of piperidine rings is 1. The van der Waals surface area contributed by atoms with Crippen molar-refractivity contribution in [2.75, 3.05) is 57.8 Å². The number of amides is 1. The molecule has 1 aromatic heterocycles. The van der Waals surface area contributed by atoms with Gasteiger partial charge >= 0.3 is 0 Å². The van der Waals surface area contributed by atoms with Crippen molar-refractivity contribution in [2.45, 2.75) is 26.2 Å². The van der Waals surface area contributed by atoms with Crippen LogP contribution < -0.4 is 10.2 Å². The maximum absolute atomic E-state index is 12.5. The van der Waals surface area contributed by atoms with Gasteiger partial charge in [0.15, 0.2) is 5.96 Å². The summed E-state index contributed by atoms with van der Waals surface area (Å²) in [4.78, 5) is 31.8. The SMILES string of the molecule is CN=C(NCCC(=O)N1CCN(c2ncccn2)CC1)N1CCC(C)CC1.I. The van der Waals surface area contributed by atoms with Crippen molar-refractivity contribution in [1.29, 1.82) is 0 Å². The Kier molecular flexibility index (Phi) is 9.20. The van der Waals surface area contributed by atoms with E-state index < -0.39 is 0 Å². The van der Waals surface area contributed by atoms with E-state index in [0.29, 0.717) is 13.0 Å². The van der Waals surface area contributed by atoms with Gasteiger partial charge in [0.2, 0.25) is 11.9 Å². The average molecular weight is 501 g/mol. The Hall–Kier alpha value is -1.65. The number of nitrogens with one attached hydrogen (secondary N) is 1. The number of carbonyl (C=O) groups is 1. The minimum atomic E-state index is 0. The zero-order valence-electron chi connectivity index (χ0n) is 16.9. The average Bonchev–Trinajstić information content (AvgIpc) is 2.73. The molecule has 0 aromatic carbocycles. The lowest BCUT2D eigenvalue weighted by Crippen LogP contribution is -2.50. The van der Waals surface area contributed by atoms with Gasteiger partial charge in [0, 0.05) is 71.7 Å². The number of aromatic nitrogens is 2. The Morgan fingerprint density at radius 3 is 2.36 bits per heavy atom. The summed E-state index contributed by atoms with van der Waals surface area (Å²) in [5, 5.41) is 3.36. The second-order valence-corrected chi connectivity index (χ2v) is 7.31. The van der Waals surface area contributed by atoms with Crippen LogP contribution in [0.2, 0.25) is 0 Å². The lowest BCUT2D eigenvalue weighted by atomic mass is 10.00. The van der Waals surface area contributed by atoms with Gasteiger partial charge in [-0.15, -0.1) is 24.0 Å². The largest absolute Gasteiger partial charge is 0.356 e. The van der Waals surface area contributed by atoms with Crippen molar-refractivity contribution in [3.05, 3.63) is 18.5 Å². The van der Waals surface area contributed by atoms with Gasteiger partial charge in [-0.05, 0) is 24.8 Å². The molecule has 0 radical (unpaired) electrons. The highest BCUT2D eigenvalue weighted by molar-refractivity contribution is 14.0. The number of anilines is 1. The molecular weight excluding hydrogens is 469 g/mol. The Morgan fingerprint density at radius 2 is 1.75 bits per heavy atom. The molecule has 2 fully saturated rings. The normalized spacial score (nSPS) is 18.6. The molecule has 2 aliphatic rings. The molecule has 9 heteroatoms. The van der Waals surface area contributed by atoms with Crippen LogP contribution in [0.5, 0.6) is 0 Å². The standard InChI is InChI=1S/C19H31N7O.HI/c1-16-5-10-25(11-6-16)18(20-2)23-9-4-17(27)24-12-14-26(15-13-24)19-21-7-3-8-22-19;/h3,7-8,16H,4-6,9-15H2,1-2H3,(H,20,23);1H. The van der Waals surface area contributed by atoms with E-state index in [1.165, 1.54) is 12.8 Å². The maximum Gasteiger partial charge on any atom is 0.225 e. The molecule has 0 unspecified atom stereocenters. The molecule has 3 heterocycles. The summed E-state index contributed by atoms with van der Waals surface area (Å²) < 4.78 is 0. The van der Waals surface area contributed by atoms with Gasteiger partial charge in [-0.25, -0.2) is 9.97 Å². The van der Waals surface area contributed by atoms with Crippen LogP contribution in [0.1, 0.15) is 26.2 Å². The van der Waals surface area contributed by atoms with Gasteiger partial charge in [-0.3, -0.25) is 9.79 Å². The highest BCUT2D eigenvalue weighted by atomic mass is 127. The van der Waals surface area contributed by atoms with Crippen LogP contribution in [0, 0.1) is 5.92 Å². The number of halogens is 1. The second-order valence-electron chi connectivity index (χ2n) is 7.31. The molecule has 156 valence electrons. The van der Waals surface area contributed by atoms with Gasteiger partial charge in [0.1, 0.15) is 0 Å². The van der Waals surface area contributed by atoms with Crippen LogP contribution in [0.15, 0.2) is 23.5 Å². The van der Waals surface area contributed by atoms with Gasteiger partial charge < -0.3 is 20.0 Å². The summed E-state index contributed by atoms with van der Waals surface area (Å²) in [5.74, 6) is 2.64. The number of aliphatic imine (C=N–C) groups is 1. The van der Waals surface area contributed by atoms with Gasteiger partial charge in [-0.1, -0.05) is 6.92 Å². The van der Waals surface area contributed by atoms with Crippen LogP contribution >= 0.6 is 24.0 Å². The lowest BCUT2D eigenvalue weighted by molar-refractivity contribution is -0.131. The van der Waals surface area contributed by atoms with Crippen LogP contribution in [0.4, 0.5) is 5.95 Å². The van der Waals surface area contributed by atoms with Gasteiger partial charge in [0.05, 0.1) is 0 Å². The molecule has 2 saturated heterocycles. The van der Waals surface area contributed by atoms with Crippen molar-refractivity contribution in [1.82, 2.24) is 25.1 Å². The minimum Gasteiger partial charge on any atom is -0.356 e. The Bertz CT molecular complexity index is 626. The molecule has 1 N–H and O–H groups in total. The quantitative estimate of drug-likeness (QED) is 0.383. The first-order chi connectivity index (χ1) is 13.2. The number of hydrogen-bond donors (Lipinski definition) is 1. The van der Waals surface area contributed by atoms with Gasteiger partial charge in [-0.2, -0.15) is 0 Å². The van der Waals surface area contributed by atoms with E-state index in [0.717, 1.165) is 57.1 Å². The molecule has 0 aliphatic carbocycles. The third-order valence-corrected chi connectivity index (χ3v) is 5.38. The minimum absolute atomic E-state index is 0. The smallest absolute Gasteiger partial charge is 0.225 e. The van der Waals surface area contributed by atoms with Crippen LogP contribution in [-0.4, -0.2) is 84.5 Å². The second kappa shape index (κ2) is 11.4. The van der Waals surface area contributed by atoms with E-state index in [4.69, 9.17) is 0 Å². The molecule has 0 atom stereocenters. The molecular formula is C19H32IN7O. The van der Waals surface area contributed by atoms with E-state index >= 15 is 0 Å². The van der Waals surface area contributed by atoms with Crippen molar-refractivity contribution in [3.8, 4) is 0 Å². The number of rotatable bonds is 4. The zero-order chi connectivity index (χ0) is 19.1. The Balaban J connectivity index is 0.00000280. The van der Waals surface area contributed by atoms with E-state index in [-0.39, 0.29) is 29.9 Å². The van der Waals surface area contributed by atoms with Crippen molar-refractivity contribution in [2.24, 2.45) is 10.9 Å². The number of piperazine rings is 1. The third-order valence-electron chi connectivity index (χ3n) is 5.38. The highest BCUT2D eigenvalue weighted by Crippen LogP contribution is 2.16. The lowest BCUT2D eigenvalue weighted by Gasteiger charge is -2.35. The molecule has 28 heavy (non-hydrogen) atoms. The first-order valence-corrected chi connectivity index (χ1v) is 9.92. The summed E-state index contributed by atoms with van der Waals surface area (Å²) in [5.41, 5.74) is 0. The molecule has 1 aromatic rings. The highest BCUT2D eigenvalue weighted by Gasteiger charge is 2.23. The number of nitrogens with zero attached hydrogens (tertiary/aromatic N) is 6. The maximum atomic E-state index is 12.5. The van der Waals surface area contributed by atoms with Crippen molar-refractivity contribution >= 4 is 41.8 Å². The molecule has 0 saturated carbocycles. The molecule has 1 amide bonds. The van der Waals surface area contributed by atoms with Crippen molar-refractivity contribution in [3.63, 3.8) is 0 Å². The number of guanidine groups is 1. The monoisotopic (exact) mass is 501 g/mol. The van der Waals surface area contributed by atoms with Crippen LogP contribution in [0.3, 0.4) is 0 Å². The van der Waals surface area contributed by atoms with E-state index in [1.54, 1.807) is 12.4 Å². The summed E-state index contributed by atoms with van der Waals surface area (Å²) in [6, 6.07) is 1.81. The van der Waals surface area contributed by atoms with E-state index in [9.17, 15) is 4.79 Å². The Morgan fingerprint density at radius 1 is 1.11 bits per heavy atom. The number of hydrogen-bond acceptors (Lipinski definition) is 5. The topological polar surface area (TPSA) is 77.0 Å². The zero-order valence-corrected chi connectivity index (χ0v) is 19.2. The summed E-state index contributed by atoms with van der Waals surface area (Å²) in [6.07, 6.45) is 6.40. The molecule has 8 nitrogen and oxygen atoms in total. The fraction of sp³-hybridized carbons (Fsp3) is 0.684. The molecule has 0 bridgehead atoms. The summed E-state index contributed by atoms with van der Waals surface area (Å²) in [7, 11) is 1.81. The third kappa shape index (κ3) is 6.18. The molecule has 0 spiro atoms. The molecule has 2 aliphatic heterocycles. The number of carbonyl (C=O) groups excluding carboxylic acids is 1. The number of likely N-dealkylation sites (tertiary alicyclic amines) is 1. The summed E-state index contributed by atoms with van der Waals surface area (Å²) >= 11 is 0. The fourth-order valence-electron chi connectivity index (χ4n) is 3.60. The van der Waals surface area contributed by atoms with Gasteiger partial charge in [0.25, 0.3) is 0 Å².